The normalized spacial score (nSPS) is 22.1. The van der Waals surface area contributed by atoms with Crippen molar-refractivity contribution in [2.75, 3.05) is 27.2 Å². The minimum absolute atomic E-state index is 0.392. The van der Waals surface area contributed by atoms with Crippen LogP contribution in [0.4, 0.5) is 0 Å². The van der Waals surface area contributed by atoms with Crippen LogP contribution < -0.4 is 0 Å². The number of nitrogens with zero attached hydrogens (tertiary/aromatic N) is 4. The van der Waals surface area contributed by atoms with Crippen LogP contribution in [0.2, 0.25) is 0 Å². The first-order chi connectivity index (χ1) is 12.1. The van der Waals surface area contributed by atoms with E-state index in [0.717, 1.165) is 37.7 Å². The van der Waals surface area contributed by atoms with Crippen LogP contribution >= 0.6 is 0 Å². The number of likely N-dealkylation sites (N-methyl/N-ethyl adjacent to an activating group) is 1. The summed E-state index contributed by atoms with van der Waals surface area (Å²) in [6, 6.07) is 9.27. The molecule has 1 saturated heterocycles. The highest BCUT2D eigenvalue weighted by molar-refractivity contribution is 5.79. The molecule has 2 N–H and O–H groups in total. The molecule has 0 amide bonds. The first-order valence-electron chi connectivity index (χ1n) is 8.94. The van der Waals surface area contributed by atoms with Crippen molar-refractivity contribution in [2.45, 2.75) is 31.8 Å². The van der Waals surface area contributed by atoms with Crippen LogP contribution in [0.15, 0.2) is 30.5 Å². The molecular weight excluding hydrogens is 312 g/mol. The molecule has 6 heteroatoms. The molecule has 4 rings (SSSR count). The Bertz CT molecular complexity index is 848. The second-order valence-corrected chi connectivity index (χ2v) is 7.34. The Morgan fingerprint density at radius 2 is 2.16 bits per heavy atom. The number of benzene rings is 1. The summed E-state index contributed by atoms with van der Waals surface area (Å²) < 4.78 is 0. The molecule has 3 heterocycles. The fourth-order valence-corrected chi connectivity index (χ4v) is 3.95. The van der Waals surface area contributed by atoms with Gasteiger partial charge < -0.3 is 9.88 Å². The molecule has 2 aromatic heterocycles. The first-order valence-corrected chi connectivity index (χ1v) is 8.94. The Labute approximate surface area is 148 Å². The maximum absolute atomic E-state index is 4.59. The maximum atomic E-state index is 4.59. The lowest BCUT2D eigenvalue weighted by Crippen LogP contribution is -2.49. The summed E-state index contributed by atoms with van der Waals surface area (Å²) in [4.78, 5) is 12.7. The Kier molecular flexibility index (Phi) is 4.31. The van der Waals surface area contributed by atoms with Crippen LogP contribution in [0.5, 0.6) is 0 Å². The largest absolute Gasteiger partial charge is 0.361 e. The number of nitrogens with one attached hydrogen (secondary N) is 2. The van der Waals surface area contributed by atoms with Crippen molar-refractivity contribution in [3.63, 3.8) is 0 Å². The van der Waals surface area contributed by atoms with Crippen molar-refractivity contribution in [1.29, 1.82) is 0 Å². The van der Waals surface area contributed by atoms with E-state index in [4.69, 9.17) is 0 Å². The van der Waals surface area contributed by atoms with E-state index >= 15 is 0 Å². The number of hydrogen-bond acceptors (Lipinski definition) is 4. The van der Waals surface area contributed by atoms with Gasteiger partial charge in [0.2, 0.25) is 0 Å². The van der Waals surface area contributed by atoms with Crippen molar-refractivity contribution in [2.24, 2.45) is 0 Å². The van der Waals surface area contributed by atoms with Crippen LogP contribution in [-0.2, 0) is 6.54 Å². The van der Waals surface area contributed by atoms with E-state index in [9.17, 15) is 0 Å². The van der Waals surface area contributed by atoms with Gasteiger partial charge in [0.15, 0.2) is 5.82 Å². The van der Waals surface area contributed by atoms with Crippen molar-refractivity contribution in [1.82, 2.24) is 30.0 Å². The number of likely N-dealkylation sites (tertiary alicyclic amines) is 1. The monoisotopic (exact) mass is 338 g/mol. The molecule has 0 bridgehead atoms. The summed E-state index contributed by atoms with van der Waals surface area (Å²) in [6.45, 7) is 5.07. The highest BCUT2D eigenvalue weighted by atomic mass is 15.3. The summed E-state index contributed by atoms with van der Waals surface area (Å²) in [5.74, 6) is 2.25. The number of piperidine rings is 1. The van der Waals surface area contributed by atoms with Gasteiger partial charge in [0.25, 0.3) is 0 Å². The first kappa shape index (κ1) is 16.3. The molecule has 1 aliphatic heterocycles. The van der Waals surface area contributed by atoms with E-state index in [-0.39, 0.29) is 0 Å². The van der Waals surface area contributed by atoms with Gasteiger partial charge in [-0.1, -0.05) is 6.07 Å². The third-order valence-corrected chi connectivity index (χ3v) is 5.30. The average molecular weight is 338 g/mol. The van der Waals surface area contributed by atoms with Gasteiger partial charge in [0, 0.05) is 36.8 Å². The van der Waals surface area contributed by atoms with Gasteiger partial charge in [0.1, 0.15) is 5.82 Å². The predicted molar refractivity (Wildman–Crippen MR) is 99.5 cm³/mol. The maximum Gasteiger partial charge on any atom is 0.155 e. The molecule has 6 nitrogen and oxygen atoms in total. The lowest BCUT2D eigenvalue weighted by Gasteiger charge is -2.40. The molecule has 0 aliphatic carbocycles. The van der Waals surface area contributed by atoms with Crippen molar-refractivity contribution < 1.29 is 0 Å². The van der Waals surface area contributed by atoms with Gasteiger partial charge >= 0.3 is 0 Å². The van der Waals surface area contributed by atoms with Crippen molar-refractivity contribution >= 4 is 10.9 Å². The smallest absolute Gasteiger partial charge is 0.155 e. The highest BCUT2D eigenvalue weighted by Crippen LogP contribution is 2.29. The number of aromatic amines is 2. The zero-order valence-electron chi connectivity index (χ0n) is 15.2. The lowest BCUT2D eigenvalue weighted by atomic mass is 9.89. The SMILES string of the molecule is Cc1nc([C@H]2CCN(Cc3ccc4[nH]ccc4c3)C[C@H]2N(C)C)n[nH]1. The van der Waals surface area contributed by atoms with Crippen LogP contribution in [0.25, 0.3) is 10.9 Å². The molecule has 2 atom stereocenters. The van der Waals surface area contributed by atoms with Crippen LogP contribution in [-0.4, -0.2) is 63.2 Å². The fraction of sp³-hybridized carbons (Fsp3) is 0.474. The van der Waals surface area contributed by atoms with E-state index in [1.165, 1.54) is 16.5 Å². The third-order valence-electron chi connectivity index (χ3n) is 5.30. The van der Waals surface area contributed by atoms with E-state index in [1.807, 2.05) is 13.1 Å². The number of hydrogen-bond donors (Lipinski definition) is 2. The molecular formula is C19H26N6. The lowest BCUT2D eigenvalue weighted by molar-refractivity contribution is 0.105. The van der Waals surface area contributed by atoms with Gasteiger partial charge in [0.05, 0.1) is 0 Å². The van der Waals surface area contributed by atoms with Gasteiger partial charge in [-0.15, -0.1) is 0 Å². The Hall–Kier alpha value is -2.18. The minimum Gasteiger partial charge on any atom is -0.361 e. The molecule has 1 fully saturated rings. The van der Waals surface area contributed by atoms with Crippen LogP contribution in [0, 0.1) is 6.92 Å². The van der Waals surface area contributed by atoms with Gasteiger partial charge in [-0.2, -0.15) is 5.10 Å². The summed E-state index contributed by atoms with van der Waals surface area (Å²) in [6.07, 6.45) is 3.09. The summed E-state index contributed by atoms with van der Waals surface area (Å²) >= 11 is 0. The summed E-state index contributed by atoms with van der Waals surface area (Å²) in [5, 5.41) is 8.70. The van der Waals surface area contributed by atoms with Crippen molar-refractivity contribution in [3.8, 4) is 0 Å². The van der Waals surface area contributed by atoms with E-state index in [1.54, 1.807) is 0 Å². The zero-order valence-corrected chi connectivity index (χ0v) is 15.2. The highest BCUT2D eigenvalue weighted by Gasteiger charge is 2.34. The van der Waals surface area contributed by atoms with Gasteiger partial charge in [-0.25, -0.2) is 4.98 Å². The molecule has 25 heavy (non-hydrogen) atoms. The molecule has 1 aromatic carbocycles. The molecule has 1 aliphatic rings. The second-order valence-electron chi connectivity index (χ2n) is 7.34. The molecule has 0 unspecified atom stereocenters. The topological polar surface area (TPSA) is 63.8 Å². The molecule has 0 radical (unpaired) electrons. The number of aryl methyl sites for hydroxylation is 1. The molecule has 0 spiro atoms. The fourth-order valence-electron chi connectivity index (χ4n) is 3.95. The number of rotatable bonds is 4. The second kappa shape index (κ2) is 6.61. The van der Waals surface area contributed by atoms with Crippen LogP contribution in [0.3, 0.4) is 0 Å². The Balaban J connectivity index is 1.49. The standard InChI is InChI=1S/C19H26N6/c1-13-21-19(23-22-13)16-7-9-25(12-18(16)24(2)3)11-14-4-5-17-15(10-14)6-8-20-17/h4-6,8,10,16,18,20H,7,9,11-12H2,1-3H3,(H,21,22,23)/t16-,18+/m0/s1. The van der Waals surface area contributed by atoms with E-state index in [2.05, 4.69) is 68.3 Å². The number of fused-ring (bicyclic) bond motifs is 1. The van der Waals surface area contributed by atoms with E-state index < -0.39 is 0 Å². The Morgan fingerprint density at radius 3 is 2.92 bits per heavy atom. The number of H-pyrrole nitrogens is 2. The number of aromatic nitrogens is 4. The summed E-state index contributed by atoms with van der Waals surface area (Å²) in [7, 11) is 4.32. The molecule has 3 aromatic rings. The summed E-state index contributed by atoms with van der Waals surface area (Å²) in [5.41, 5.74) is 2.57. The molecule has 132 valence electrons. The average Bonchev–Trinajstić information content (AvgIpc) is 3.23. The Morgan fingerprint density at radius 1 is 1.28 bits per heavy atom. The predicted octanol–water partition coefficient (Wildman–Crippen LogP) is 2.51. The zero-order chi connectivity index (χ0) is 17.4. The molecule has 0 saturated carbocycles. The van der Waals surface area contributed by atoms with Gasteiger partial charge in [-0.3, -0.25) is 10.00 Å². The van der Waals surface area contributed by atoms with Gasteiger partial charge in [-0.05, 0) is 63.1 Å². The van der Waals surface area contributed by atoms with Crippen LogP contribution in [0.1, 0.15) is 29.6 Å². The third kappa shape index (κ3) is 3.32. The quantitative estimate of drug-likeness (QED) is 0.767. The van der Waals surface area contributed by atoms with Crippen molar-refractivity contribution in [3.05, 3.63) is 47.7 Å². The minimum atomic E-state index is 0.392. The van der Waals surface area contributed by atoms with E-state index in [0.29, 0.717) is 12.0 Å².